The Hall–Kier alpha value is -3.11. The molecule has 0 unspecified atom stereocenters. The number of hydrogen-bond acceptors (Lipinski definition) is 7. The van der Waals surface area contributed by atoms with Gasteiger partial charge >= 0.3 is 0 Å². The summed E-state index contributed by atoms with van der Waals surface area (Å²) in [6.07, 6.45) is 0. The number of nitrogens with one attached hydrogen (secondary N) is 2. The second kappa shape index (κ2) is 9.80. The molecule has 11 heteroatoms. The van der Waals surface area contributed by atoms with Crippen molar-refractivity contribution in [3.8, 4) is 0 Å². The average Bonchev–Trinajstić information content (AvgIpc) is 3.08. The first-order valence-corrected chi connectivity index (χ1v) is 10.6. The Labute approximate surface area is 188 Å². The fourth-order valence-electron chi connectivity index (χ4n) is 2.61. The van der Waals surface area contributed by atoms with Crippen LogP contribution < -0.4 is 10.6 Å². The van der Waals surface area contributed by atoms with Gasteiger partial charge < -0.3 is 15.2 Å². The molecule has 0 saturated carbocycles. The molecule has 162 valence electrons. The number of aromatic nitrogens is 3. The summed E-state index contributed by atoms with van der Waals surface area (Å²) in [7, 11) is 1.84. The Bertz CT molecular complexity index is 1100. The third-order valence-electron chi connectivity index (χ3n) is 4.54. The molecule has 0 fully saturated rings. The van der Waals surface area contributed by atoms with Crippen LogP contribution in [0.2, 0.25) is 5.02 Å². The normalized spacial score (nSPS) is 11.7. The number of rotatable bonds is 8. The maximum atomic E-state index is 12.5. The molecule has 0 bridgehead atoms. The summed E-state index contributed by atoms with van der Waals surface area (Å²) < 4.78 is 1.82. The third kappa shape index (κ3) is 5.74. The van der Waals surface area contributed by atoms with E-state index in [0.717, 1.165) is 11.3 Å². The Morgan fingerprint density at radius 3 is 2.55 bits per heavy atom. The number of nitro benzene ring substituents is 1. The van der Waals surface area contributed by atoms with Gasteiger partial charge in [0, 0.05) is 35.6 Å². The van der Waals surface area contributed by atoms with E-state index in [-0.39, 0.29) is 11.6 Å². The molecule has 31 heavy (non-hydrogen) atoms. The first-order chi connectivity index (χ1) is 14.7. The van der Waals surface area contributed by atoms with Crippen LogP contribution in [0.15, 0.2) is 47.6 Å². The summed E-state index contributed by atoms with van der Waals surface area (Å²) in [5, 5.41) is 25.9. The van der Waals surface area contributed by atoms with Crippen molar-refractivity contribution >= 4 is 46.3 Å². The zero-order valence-corrected chi connectivity index (χ0v) is 18.7. The van der Waals surface area contributed by atoms with Crippen LogP contribution in [0.4, 0.5) is 17.1 Å². The fourth-order valence-corrected chi connectivity index (χ4v) is 3.62. The number of carbonyl (C=O) groups excluding carboxylic acids is 1. The van der Waals surface area contributed by atoms with Crippen LogP contribution in [0.3, 0.4) is 0 Å². The number of benzene rings is 2. The van der Waals surface area contributed by atoms with Crippen molar-refractivity contribution in [2.75, 3.05) is 10.6 Å². The van der Waals surface area contributed by atoms with Crippen molar-refractivity contribution in [2.24, 2.45) is 7.05 Å². The Morgan fingerprint density at radius 1 is 1.23 bits per heavy atom. The molecule has 0 aliphatic rings. The van der Waals surface area contributed by atoms with E-state index in [1.54, 1.807) is 6.92 Å². The summed E-state index contributed by atoms with van der Waals surface area (Å²) in [4.78, 5) is 22.7. The highest BCUT2D eigenvalue weighted by Crippen LogP contribution is 2.24. The molecule has 1 aromatic heterocycles. The highest BCUT2D eigenvalue weighted by Gasteiger charge is 2.19. The summed E-state index contributed by atoms with van der Waals surface area (Å²) in [5.74, 6) is 0.470. The van der Waals surface area contributed by atoms with E-state index in [1.165, 1.54) is 36.0 Å². The summed E-state index contributed by atoms with van der Waals surface area (Å²) in [6, 6.07) is 11.4. The van der Waals surface area contributed by atoms with E-state index in [9.17, 15) is 14.9 Å². The monoisotopic (exact) mass is 460 g/mol. The van der Waals surface area contributed by atoms with Gasteiger partial charge in [0.15, 0.2) is 11.0 Å². The van der Waals surface area contributed by atoms with Gasteiger partial charge in [-0.25, -0.2) is 0 Å². The van der Waals surface area contributed by atoms with E-state index in [2.05, 4.69) is 20.8 Å². The molecule has 0 aliphatic heterocycles. The molecule has 0 aliphatic carbocycles. The minimum atomic E-state index is -0.488. The molecule has 1 amide bonds. The lowest BCUT2D eigenvalue weighted by atomic mass is 10.2. The minimum Gasteiger partial charge on any atom is -0.378 e. The van der Waals surface area contributed by atoms with Crippen molar-refractivity contribution in [3.05, 3.63) is 69.0 Å². The van der Waals surface area contributed by atoms with Crippen LogP contribution in [0.1, 0.15) is 18.3 Å². The minimum absolute atomic E-state index is 0.0337. The van der Waals surface area contributed by atoms with Gasteiger partial charge in [-0.05, 0) is 43.7 Å². The predicted octanol–water partition coefficient (Wildman–Crippen LogP) is 4.42. The Balaban J connectivity index is 1.58. The van der Waals surface area contributed by atoms with Crippen LogP contribution in [-0.2, 0) is 18.4 Å². The van der Waals surface area contributed by atoms with Crippen molar-refractivity contribution in [2.45, 2.75) is 30.8 Å². The predicted molar refractivity (Wildman–Crippen MR) is 122 cm³/mol. The molecule has 9 nitrogen and oxygen atoms in total. The second-order valence-electron chi connectivity index (χ2n) is 6.83. The molecule has 2 N–H and O–H groups in total. The molecule has 3 aromatic rings. The van der Waals surface area contributed by atoms with Crippen LogP contribution in [-0.4, -0.2) is 30.8 Å². The lowest BCUT2D eigenvalue weighted by Crippen LogP contribution is -2.22. The summed E-state index contributed by atoms with van der Waals surface area (Å²) >= 11 is 7.43. The van der Waals surface area contributed by atoms with Crippen LogP contribution >= 0.6 is 23.4 Å². The molecule has 1 atom stereocenters. The number of amides is 1. The Kier molecular flexibility index (Phi) is 7.13. The van der Waals surface area contributed by atoms with E-state index in [1.807, 2.05) is 36.7 Å². The number of nitro groups is 1. The number of non-ortho nitro benzene ring substituents is 1. The topological polar surface area (TPSA) is 115 Å². The first kappa shape index (κ1) is 22.6. The van der Waals surface area contributed by atoms with Gasteiger partial charge in [0.2, 0.25) is 5.91 Å². The third-order valence-corrected chi connectivity index (χ3v) is 6.09. The Morgan fingerprint density at radius 2 is 1.90 bits per heavy atom. The highest BCUT2D eigenvalue weighted by atomic mass is 35.5. The van der Waals surface area contributed by atoms with Gasteiger partial charge in [-0.2, -0.15) is 0 Å². The zero-order chi connectivity index (χ0) is 22.5. The number of hydrogen-bond donors (Lipinski definition) is 2. The molecular formula is C20H21ClN6O3S. The maximum absolute atomic E-state index is 12.5. The van der Waals surface area contributed by atoms with E-state index in [0.29, 0.717) is 28.2 Å². The van der Waals surface area contributed by atoms with E-state index < -0.39 is 10.2 Å². The van der Waals surface area contributed by atoms with Gasteiger partial charge in [-0.3, -0.25) is 14.9 Å². The average molecular weight is 461 g/mol. The highest BCUT2D eigenvalue weighted by molar-refractivity contribution is 8.00. The standard InChI is InChI=1S/C20H21ClN6O3S/c1-12-4-5-15(10-17(12)21)22-11-18-24-25-20(26(18)3)31-13(2)19(28)23-14-6-8-16(9-7-14)27(29)30/h4-10,13,22H,11H2,1-3H3,(H,23,28)/t13-/m0/s1. The number of anilines is 2. The summed E-state index contributed by atoms with van der Waals surface area (Å²) in [5.41, 5.74) is 2.34. The van der Waals surface area contributed by atoms with Gasteiger partial charge in [-0.1, -0.05) is 29.4 Å². The van der Waals surface area contributed by atoms with Gasteiger partial charge in [0.1, 0.15) is 0 Å². The SMILES string of the molecule is Cc1ccc(NCc2nnc(S[C@@H](C)C(=O)Nc3ccc([N+](=O)[O-])cc3)n2C)cc1Cl. The largest absolute Gasteiger partial charge is 0.378 e. The molecule has 0 saturated heterocycles. The van der Waals surface area contributed by atoms with Crippen molar-refractivity contribution < 1.29 is 9.72 Å². The molecule has 0 radical (unpaired) electrons. The van der Waals surface area contributed by atoms with Crippen molar-refractivity contribution in [3.63, 3.8) is 0 Å². The number of thioether (sulfide) groups is 1. The van der Waals surface area contributed by atoms with Gasteiger partial charge in [0.05, 0.1) is 16.7 Å². The zero-order valence-electron chi connectivity index (χ0n) is 17.1. The quantitative estimate of drug-likeness (QED) is 0.290. The summed E-state index contributed by atoms with van der Waals surface area (Å²) in [6.45, 7) is 4.15. The van der Waals surface area contributed by atoms with Crippen LogP contribution in [0.25, 0.3) is 0 Å². The molecular weight excluding hydrogens is 440 g/mol. The lowest BCUT2D eigenvalue weighted by Gasteiger charge is -2.12. The van der Waals surface area contributed by atoms with Crippen LogP contribution in [0, 0.1) is 17.0 Å². The molecule has 3 rings (SSSR count). The fraction of sp³-hybridized carbons (Fsp3) is 0.250. The number of nitrogens with zero attached hydrogens (tertiary/aromatic N) is 4. The van der Waals surface area contributed by atoms with Crippen molar-refractivity contribution in [1.29, 1.82) is 0 Å². The maximum Gasteiger partial charge on any atom is 0.269 e. The van der Waals surface area contributed by atoms with Gasteiger partial charge in [0.25, 0.3) is 5.69 Å². The van der Waals surface area contributed by atoms with Crippen molar-refractivity contribution in [1.82, 2.24) is 14.8 Å². The van der Waals surface area contributed by atoms with Gasteiger partial charge in [-0.15, -0.1) is 10.2 Å². The lowest BCUT2D eigenvalue weighted by molar-refractivity contribution is -0.384. The smallest absolute Gasteiger partial charge is 0.269 e. The molecule has 2 aromatic carbocycles. The van der Waals surface area contributed by atoms with E-state index in [4.69, 9.17) is 11.6 Å². The molecule has 0 spiro atoms. The number of aryl methyl sites for hydroxylation is 1. The van der Waals surface area contributed by atoms with E-state index >= 15 is 0 Å². The first-order valence-electron chi connectivity index (χ1n) is 9.35. The van der Waals surface area contributed by atoms with Crippen LogP contribution in [0.5, 0.6) is 0 Å². The number of halogens is 1. The molecule has 1 heterocycles. The second-order valence-corrected chi connectivity index (χ2v) is 8.54. The number of carbonyl (C=O) groups is 1.